The lowest BCUT2D eigenvalue weighted by atomic mass is 9.97. The van der Waals surface area contributed by atoms with E-state index in [1.807, 2.05) is 44.2 Å². The van der Waals surface area contributed by atoms with Crippen molar-refractivity contribution in [3.8, 4) is 5.75 Å². The molecule has 0 radical (unpaired) electrons. The van der Waals surface area contributed by atoms with Crippen molar-refractivity contribution in [2.75, 3.05) is 12.4 Å². The second-order valence-electron chi connectivity index (χ2n) is 7.47. The van der Waals surface area contributed by atoms with Crippen molar-refractivity contribution < 1.29 is 14.3 Å². The lowest BCUT2D eigenvalue weighted by Crippen LogP contribution is -2.32. The zero-order valence-electron chi connectivity index (χ0n) is 17.7. The number of benzene rings is 2. The van der Waals surface area contributed by atoms with Gasteiger partial charge in [0.25, 0.3) is 11.8 Å². The Morgan fingerprint density at radius 2 is 1.65 bits per heavy atom. The van der Waals surface area contributed by atoms with Gasteiger partial charge in [0.2, 0.25) is 0 Å². The molecular weight excluding hydrogens is 390 g/mol. The van der Waals surface area contributed by atoms with E-state index in [0.717, 1.165) is 22.3 Å². The monoisotopic (exact) mass is 413 g/mol. The quantitative estimate of drug-likeness (QED) is 0.616. The second-order valence-corrected chi connectivity index (χ2v) is 7.47. The van der Waals surface area contributed by atoms with E-state index in [9.17, 15) is 9.59 Å². The summed E-state index contributed by atoms with van der Waals surface area (Å²) in [5, 5.41) is 3.18. The zero-order valence-corrected chi connectivity index (χ0v) is 17.7. The van der Waals surface area contributed by atoms with E-state index in [1.54, 1.807) is 43.8 Å². The van der Waals surface area contributed by atoms with Gasteiger partial charge >= 0.3 is 0 Å². The van der Waals surface area contributed by atoms with E-state index >= 15 is 0 Å². The summed E-state index contributed by atoms with van der Waals surface area (Å²) in [4.78, 5) is 32.1. The fraction of sp³-hybridized carbons (Fsp3) is 0.160. The summed E-state index contributed by atoms with van der Waals surface area (Å²) >= 11 is 0. The topological polar surface area (TPSA) is 71.5 Å². The predicted molar refractivity (Wildman–Crippen MR) is 119 cm³/mol. The summed E-state index contributed by atoms with van der Waals surface area (Å²) in [6, 6.07) is 16.7. The van der Waals surface area contributed by atoms with Crippen LogP contribution < -0.4 is 10.1 Å². The van der Waals surface area contributed by atoms with Crippen molar-refractivity contribution in [2.24, 2.45) is 0 Å². The summed E-state index contributed by atoms with van der Waals surface area (Å²) in [5.74, 6) is 0.0413. The number of rotatable bonds is 6. The van der Waals surface area contributed by atoms with Gasteiger partial charge in [-0.1, -0.05) is 23.8 Å². The van der Waals surface area contributed by atoms with Crippen LogP contribution in [-0.2, 0) is 16.1 Å². The SMILES string of the molecule is COc1ccc(NC2=C(c3ccc(C)cc3C)C(=O)N(Cc3ccncc3)C2=O)cc1. The molecule has 1 aromatic heterocycles. The molecule has 0 saturated heterocycles. The maximum Gasteiger partial charge on any atom is 0.278 e. The van der Waals surface area contributed by atoms with E-state index in [-0.39, 0.29) is 24.1 Å². The van der Waals surface area contributed by atoms with Gasteiger partial charge in [-0.05, 0) is 66.9 Å². The number of carbonyl (C=O) groups is 2. The molecule has 0 fully saturated rings. The van der Waals surface area contributed by atoms with Gasteiger partial charge in [0.15, 0.2) is 0 Å². The summed E-state index contributed by atoms with van der Waals surface area (Å²) in [6.07, 6.45) is 3.30. The highest BCUT2D eigenvalue weighted by atomic mass is 16.5. The molecule has 0 saturated carbocycles. The average Bonchev–Trinajstić information content (AvgIpc) is 2.99. The van der Waals surface area contributed by atoms with E-state index < -0.39 is 0 Å². The Hall–Kier alpha value is -3.93. The Kier molecular flexibility index (Phi) is 5.54. The number of hydrogen-bond acceptors (Lipinski definition) is 5. The molecule has 0 bridgehead atoms. The van der Waals surface area contributed by atoms with Crippen molar-refractivity contribution in [1.82, 2.24) is 9.88 Å². The minimum Gasteiger partial charge on any atom is -0.497 e. The third-order valence-electron chi connectivity index (χ3n) is 5.27. The zero-order chi connectivity index (χ0) is 22.0. The lowest BCUT2D eigenvalue weighted by Gasteiger charge is -2.15. The molecule has 1 aliphatic rings. The number of nitrogens with one attached hydrogen (secondary N) is 1. The van der Waals surface area contributed by atoms with Crippen LogP contribution in [0.15, 0.2) is 72.7 Å². The minimum atomic E-state index is -0.354. The highest BCUT2D eigenvalue weighted by Gasteiger charge is 2.39. The Morgan fingerprint density at radius 1 is 0.935 bits per heavy atom. The standard InChI is InChI=1S/C25H23N3O3/c1-16-4-9-21(17(2)14-16)22-23(27-19-5-7-20(31-3)8-6-19)25(30)28(24(22)29)15-18-10-12-26-13-11-18/h4-14,27H,15H2,1-3H3. The number of anilines is 1. The van der Waals surface area contributed by atoms with Crippen LogP contribution in [0.4, 0.5) is 5.69 Å². The first-order valence-corrected chi connectivity index (χ1v) is 9.96. The van der Waals surface area contributed by atoms with Crippen molar-refractivity contribution in [1.29, 1.82) is 0 Å². The number of imide groups is 1. The van der Waals surface area contributed by atoms with Crippen LogP contribution in [0.25, 0.3) is 5.57 Å². The van der Waals surface area contributed by atoms with Gasteiger partial charge in [-0.2, -0.15) is 0 Å². The number of nitrogens with zero attached hydrogens (tertiary/aromatic N) is 2. The van der Waals surface area contributed by atoms with Gasteiger partial charge in [-0.3, -0.25) is 19.5 Å². The van der Waals surface area contributed by atoms with Gasteiger partial charge < -0.3 is 10.1 Å². The Labute approximate surface area is 181 Å². The van der Waals surface area contributed by atoms with Crippen LogP contribution in [0.5, 0.6) is 5.75 Å². The number of aryl methyl sites for hydroxylation is 2. The molecule has 2 heterocycles. The molecule has 0 unspecified atom stereocenters. The van der Waals surface area contributed by atoms with E-state index in [4.69, 9.17) is 4.74 Å². The second kappa shape index (κ2) is 8.44. The number of aromatic nitrogens is 1. The molecule has 2 amide bonds. The van der Waals surface area contributed by atoms with Crippen LogP contribution >= 0.6 is 0 Å². The molecule has 31 heavy (non-hydrogen) atoms. The molecule has 156 valence electrons. The first-order chi connectivity index (χ1) is 15.0. The number of hydrogen-bond donors (Lipinski definition) is 1. The molecule has 0 aliphatic carbocycles. The number of methoxy groups -OCH3 is 1. The van der Waals surface area contributed by atoms with Gasteiger partial charge in [0.1, 0.15) is 11.4 Å². The number of pyridine rings is 1. The van der Waals surface area contributed by atoms with Gasteiger partial charge in [-0.25, -0.2) is 0 Å². The molecule has 6 nitrogen and oxygen atoms in total. The highest BCUT2D eigenvalue weighted by molar-refractivity contribution is 6.36. The largest absolute Gasteiger partial charge is 0.497 e. The first-order valence-electron chi connectivity index (χ1n) is 9.96. The van der Waals surface area contributed by atoms with Crippen LogP contribution in [0.3, 0.4) is 0 Å². The molecule has 6 heteroatoms. The van der Waals surface area contributed by atoms with Crippen LogP contribution in [0.2, 0.25) is 0 Å². The van der Waals surface area contributed by atoms with E-state index in [1.165, 1.54) is 4.90 Å². The number of amides is 2. The third-order valence-corrected chi connectivity index (χ3v) is 5.27. The third kappa shape index (κ3) is 4.05. The molecule has 2 aromatic carbocycles. The summed E-state index contributed by atoms with van der Waals surface area (Å²) in [7, 11) is 1.60. The summed E-state index contributed by atoms with van der Waals surface area (Å²) in [6.45, 7) is 4.13. The highest BCUT2D eigenvalue weighted by Crippen LogP contribution is 2.33. The Balaban J connectivity index is 1.76. The van der Waals surface area contributed by atoms with E-state index in [2.05, 4.69) is 10.3 Å². The van der Waals surface area contributed by atoms with Crippen molar-refractivity contribution >= 4 is 23.1 Å². The van der Waals surface area contributed by atoms with Gasteiger partial charge in [0, 0.05) is 18.1 Å². The molecule has 4 rings (SSSR count). The van der Waals surface area contributed by atoms with Gasteiger partial charge in [0.05, 0.1) is 19.2 Å². The average molecular weight is 413 g/mol. The fourth-order valence-corrected chi connectivity index (χ4v) is 3.67. The summed E-state index contributed by atoms with van der Waals surface area (Å²) in [5.41, 5.74) is 4.97. The van der Waals surface area contributed by atoms with E-state index in [0.29, 0.717) is 17.0 Å². The lowest BCUT2D eigenvalue weighted by molar-refractivity contribution is -0.137. The normalized spacial score (nSPS) is 13.7. The number of ether oxygens (including phenoxy) is 1. The Bertz CT molecular complexity index is 1170. The van der Waals surface area contributed by atoms with Crippen molar-refractivity contribution in [2.45, 2.75) is 20.4 Å². The maximum absolute atomic E-state index is 13.4. The molecule has 0 spiro atoms. The van der Waals surface area contributed by atoms with Crippen molar-refractivity contribution in [3.63, 3.8) is 0 Å². The predicted octanol–water partition coefficient (Wildman–Crippen LogP) is 4.10. The van der Waals surface area contributed by atoms with Crippen LogP contribution in [0, 0.1) is 13.8 Å². The molecule has 3 aromatic rings. The van der Waals surface area contributed by atoms with Gasteiger partial charge in [-0.15, -0.1) is 0 Å². The Morgan fingerprint density at radius 3 is 2.29 bits per heavy atom. The smallest absolute Gasteiger partial charge is 0.278 e. The minimum absolute atomic E-state index is 0.183. The molecule has 0 atom stereocenters. The maximum atomic E-state index is 13.4. The summed E-state index contributed by atoms with van der Waals surface area (Å²) < 4.78 is 5.20. The molecular formula is C25H23N3O3. The van der Waals surface area contributed by atoms with Crippen LogP contribution in [-0.4, -0.2) is 28.8 Å². The van der Waals surface area contributed by atoms with Crippen molar-refractivity contribution in [3.05, 3.63) is 94.9 Å². The first kappa shape index (κ1) is 20.3. The molecule has 1 N–H and O–H groups in total. The number of carbonyl (C=O) groups excluding carboxylic acids is 2. The fourth-order valence-electron chi connectivity index (χ4n) is 3.67. The molecule has 1 aliphatic heterocycles. The van der Waals surface area contributed by atoms with Crippen LogP contribution in [0.1, 0.15) is 22.3 Å².